The summed E-state index contributed by atoms with van der Waals surface area (Å²) in [4.78, 5) is 12.0. The highest BCUT2D eigenvalue weighted by molar-refractivity contribution is 8.00. The van der Waals surface area contributed by atoms with Crippen molar-refractivity contribution in [3.8, 4) is 0 Å². The normalized spacial score (nSPS) is 13.2. The SMILES string of the molecule is CCCCOC(=O)C(CCCC)SCCCCC(C)(F)F. The van der Waals surface area contributed by atoms with Gasteiger partial charge >= 0.3 is 5.97 Å². The molecule has 0 saturated heterocycles. The van der Waals surface area contributed by atoms with E-state index in [-0.39, 0.29) is 17.6 Å². The molecule has 1 unspecified atom stereocenters. The van der Waals surface area contributed by atoms with Gasteiger partial charge in [-0.05, 0) is 38.4 Å². The Hall–Kier alpha value is -0.320. The van der Waals surface area contributed by atoms with Crippen molar-refractivity contribution >= 4 is 17.7 Å². The Bertz CT molecular complexity index is 267. The summed E-state index contributed by atoms with van der Waals surface area (Å²) >= 11 is 1.56. The third kappa shape index (κ3) is 13.1. The lowest BCUT2D eigenvalue weighted by atomic mass is 10.2. The van der Waals surface area contributed by atoms with Crippen LogP contribution >= 0.6 is 11.8 Å². The Labute approximate surface area is 132 Å². The molecule has 0 fully saturated rings. The average Bonchev–Trinajstić information content (AvgIpc) is 2.40. The van der Waals surface area contributed by atoms with Gasteiger partial charge in [0.05, 0.1) is 6.61 Å². The van der Waals surface area contributed by atoms with Crippen LogP contribution in [0.4, 0.5) is 8.78 Å². The monoisotopic (exact) mass is 324 g/mol. The van der Waals surface area contributed by atoms with Crippen LogP contribution < -0.4 is 0 Å². The molecule has 0 aliphatic heterocycles. The van der Waals surface area contributed by atoms with E-state index in [0.717, 1.165) is 51.2 Å². The summed E-state index contributed by atoms with van der Waals surface area (Å²) in [6, 6.07) is 0. The summed E-state index contributed by atoms with van der Waals surface area (Å²) in [5, 5.41) is -0.135. The van der Waals surface area contributed by atoms with Gasteiger partial charge in [0.25, 0.3) is 0 Å². The lowest BCUT2D eigenvalue weighted by Crippen LogP contribution is -2.21. The van der Waals surface area contributed by atoms with Gasteiger partial charge in [0.2, 0.25) is 5.92 Å². The van der Waals surface area contributed by atoms with Crippen molar-refractivity contribution in [1.29, 1.82) is 0 Å². The zero-order valence-electron chi connectivity index (χ0n) is 13.6. The first-order valence-electron chi connectivity index (χ1n) is 8.06. The molecule has 0 spiro atoms. The van der Waals surface area contributed by atoms with Crippen LogP contribution in [0.5, 0.6) is 0 Å². The molecule has 0 aliphatic carbocycles. The van der Waals surface area contributed by atoms with Crippen LogP contribution in [0, 0.1) is 0 Å². The second-order valence-corrected chi connectivity index (χ2v) is 6.86. The lowest BCUT2D eigenvalue weighted by molar-refractivity contribution is -0.143. The van der Waals surface area contributed by atoms with Crippen molar-refractivity contribution in [3.05, 3.63) is 0 Å². The van der Waals surface area contributed by atoms with Gasteiger partial charge in [0, 0.05) is 6.42 Å². The van der Waals surface area contributed by atoms with E-state index in [1.54, 1.807) is 11.8 Å². The Balaban J connectivity index is 3.97. The van der Waals surface area contributed by atoms with Gasteiger partial charge in [-0.25, -0.2) is 8.78 Å². The standard InChI is InChI=1S/C16H30F2O2S/c1-4-6-10-14(15(19)20-12-7-5-2)21-13-9-8-11-16(3,17)18/h14H,4-13H2,1-3H3. The first-order chi connectivity index (χ1) is 9.90. The van der Waals surface area contributed by atoms with Crippen LogP contribution in [0.2, 0.25) is 0 Å². The second kappa shape index (κ2) is 12.2. The second-order valence-electron chi connectivity index (χ2n) is 5.55. The largest absolute Gasteiger partial charge is 0.465 e. The maximum atomic E-state index is 12.7. The number of esters is 1. The van der Waals surface area contributed by atoms with E-state index >= 15 is 0 Å². The number of halogens is 2. The van der Waals surface area contributed by atoms with E-state index < -0.39 is 5.92 Å². The molecule has 0 amide bonds. The van der Waals surface area contributed by atoms with Crippen LogP contribution in [0.3, 0.4) is 0 Å². The Morgan fingerprint density at radius 2 is 1.81 bits per heavy atom. The number of unbranched alkanes of at least 4 members (excludes halogenated alkanes) is 3. The number of carbonyl (C=O) groups is 1. The van der Waals surface area contributed by atoms with Crippen LogP contribution in [0.15, 0.2) is 0 Å². The zero-order valence-corrected chi connectivity index (χ0v) is 14.4. The van der Waals surface area contributed by atoms with E-state index in [0.29, 0.717) is 13.0 Å². The Morgan fingerprint density at radius 3 is 2.38 bits per heavy atom. The van der Waals surface area contributed by atoms with Crippen molar-refractivity contribution in [2.75, 3.05) is 12.4 Å². The summed E-state index contributed by atoms with van der Waals surface area (Å²) in [5.41, 5.74) is 0. The third-order valence-corrected chi connectivity index (χ3v) is 4.51. The molecule has 126 valence electrons. The first kappa shape index (κ1) is 20.7. The number of hydrogen-bond acceptors (Lipinski definition) is 3. The van der Waals surface area contributed by atoms with Crippen molar-refractivity contribution in [3.63, 3.8) is 0 Å². The summed E-state index contributed by atoms with van der Waals surface area (Å²) in [5.74, 6) is -1.97. The van der Waals surface area contributed by atoms with Crippen molar-refractivity contribution < 1.29 is 18.3 Å². The van der Waals surface area contributed by atoms with Gasteiger partial charge in [0.1, 0.15) is 5.25 Å². The minimum absolute atomic E-state index is 0.0753. The van der Waals surface area contributed by atoms with Gasteiger partial charge in [0.15, 0.2) is 0 Å². The van der Waals surface area contributed by atoms with Gasteiger partial charge in [-0.2, -0.15) is 0 Å². The number of carbonyl (C=O) groups excluding carboxylic acids is 1. The third-order valence-electron chi connectivity index (χ3n) is 3.15. The maximum Gasteiger partial charge on any atom is 0.319 e. The smallest absolute Gasteiger partial charge is 0.319 e. The fraction of sp³-hybridized carbons (Fsp3) is 0.938. The molecule has 0 N–H and O–H groups in total. The van der Waals surface area contributed by atoms with E-state index in [2.05, 4.69) is 13.8 Å². The van der Waals surface area contributed by atoms with Crippen LogP contribution in [0.1, 0.15) is 72.1 Å². The molecule has 0 aliphatic rings. The molecule has 0 aromatic rings. The number of thioether (sulfide) groups is 1. The molecule has 5 heteroatoms. The highest BCUT2D eigenvalue weighted by Gasteiger charge is 2.21. The van der Waals surface area contributed by atoms with Gasteiger partial charge in [-0.1, -0.05) is 33.1 Å². The molecule has 0 heterocycles. The van der Waals surface area contributed by atoms with Crippen molar-refractivity contribution in [2.24, 2.45) is 0 Å². The minimum atomic E-state index is -2.58. The number of hydrogen-bond donors (Lipinski definition) is 0. The summed E-state index contributed by atoms with van der Waals surface area (Å²) < 4.78 is 30.7. The number of alkyl halides is 2. The molecule has 0 aromatic heterocycles. The van der Waals surface area contributed by atoms with Crippen LogP contribution in [-0.2, 0) is 9.53 Å². The zero-order chi connectivity index (χ0) is 16.1. The molecule has 0 rings (SSSR count). The highest BCUT2D eigenvalue weighted by Crippen LogP contribution is 2.24. The molecule has 0 saturated carbocycles. The molecule has 0 bridgehead atoms. The quantitative estimate of drug-likeness (QED) is 0.333. The van der Waals surface area contributed by atoms with E-state index in [4.69, 9.17) is 4.74 Å². The Kier molecular flexibility index (Phi) is 12.1. The first-order valence-corrected chi connectivity index (χ1v) is 9.11. The minimum Gasteiger partial charge on any atom is -0.465 e. The molecule has 0 radical (unpaired) electrons. The number of rotatable bonds is 13. The predicted molar refractivity (Wildman–Crippen MR) is 86.1 cm³/mol. The van der Waals surface area contributed by atoms with Crippen LogP contribution in [0.25, 0.3) is 0 Å². The maximum absolute atomic E-state index is 12.7. The lowest BCUT2D eigenvalue weighted by Gasteiger charge is -2.16. The predicted octanol–water partition coefficient (Wildman–Crippen LogP) is 5.45. The van der Waals surface area contributed by atoms with Gasteiger partial charge in [-0.15, -0.1) is 11.8 Å². The van der Waals surface area contributed by atoms with Crippen molar-refractivity contribution in [2.45, 2.75) is 83.3 Å². The topological polar surface area (TPSA) is 26.3 Å². The fourth-order valence-electron chi connectivity index (χ4n) is 1.83. The van der Waals surface area contributed by atoms with Crippen molar-refractivity contribution in [1.82, 2.24) is 0 Å². The van der Waals surface area contributed by atoms with E-state index in [9.17, 15) is 13.6 Å². The highest BCUT2D eigenvalue weighted by atomic mass is 32.2. The Morgan fingerprint density at radius 1 is 1.14 bits per heavy atom. The number of ether oxygens (including phenoxy) is 1. The van der Waals surface area contributed by atoms with Gasteiger partial charge < -0.3 is 4.74 Å². The molecular weight excluding hydrogens is 294 g/mol. The summed E-state index contributed by atoms with van der Waals surface area (Å²) in [6.07, 6.45) is 5.90. The van der Waals surface area contributed by atoms with E-state index in [1.807, 2.05) is 0 Å². The molecule has 0 aromatic carbocycles. The van der Waals surface area contributed by atoms with Crippen LogP contribution in [-0.4, -0.2) is 29.5 Å². The summed E-state index contributed by atoms with van der Waals surface area (Å²) in [6.45, 7) is 5.59. The van der Waals surface area contributed by atoms with Gasteiger partial charge in [-0.3, -0.25) is 4.79 Å². The summed E-state index contributed by atoms with van der Waals surface area (Å²) in [7, 11) is 0. The molecule has 21 heavy (non-hydrogen) atoms. The molecule has 2 nitrogen and oxygen atoms in total. The molecule has 1 atom stereocenters. The van der Waals surface area contributed by atoms with E-state index in [1.165, 1.54) is 0 Å². The average molecular weight is 324 g/mol. The molecular formula is C16H30F2O2S. The fourth-order valence-corrected chi connectivity index (χ4v) is 3.02.